The van der Waals surface area contributed by atoms with Crippen LogP contribution >= 0.6 is 0 Å². The van der Waals surface area contributed by atoms with E-state index in [1.54, 1.807) is 6.07 Å². The van der Waals surface area contributed by atoms with Gasteiger partial charge < -0.3 is 24.5 Å². The fourth-order valence-electron chi connectivity index (χ4n) is 5.68. The quantitative estimate of drug-likeness (QED) is 0.381. The highest BCUT2D eigenvalue weighted by molar-refractivity contribution is 5.73. The molecule has 212 valence electrons. The molecule has 1 aliphatic heterocycles. The number of carbonyl (C=O) groups is 2. The molecule has 0 saturated carbocycles. The van der Waals surface area contributed by atoms with E-state index < -0.39 is 0 Å². The van der Waals surface area contributed by atoms with E-state index in [1.807, 2.05) is 6.07 Å². The molecular formula is C30H48FN5O2. The van der Waals surface area contributed by atoms with Crippen LogP contribution in [0.4, 0.5) is 4.39 Å². The summed E-state index contributed by atoms with van der Waals surface area (Å²) < 4.78 is 16.4. The van der Waals surface area contributed by atoms with Crippen LogP contribution in [-0.4, -0.2) is 64.3 Å². The van der Waals surface area contributed by atoms with Crippen molar-refractivity contribution in [3.05, 3.63) is 52.9 Å². The van der Waals surface area contributed by atoms with E-state index in [0.29, 0.717) is 12.1 Å². The average Bonchev–Trinajstić information content (AvgIpc) is 3.20. The standard InChI is InChI=1S/C28H44FN5O.C2H4O/c1-7-24(18-25(8-2)34-20(4)30-27-19-32(6)15-14-28(27)34)33(9-3)16-13-26(31-21(5)35)22-11-10-12-23(29)17-22;1-2-3/h10-12,17,24-26H,7-9,13-16,18-19H2,1-6H3,(H,31,35);2H,1H3. The molecule has 7 nitrogen and oxygen atoms in total. The molecule has 1 aromatic heterocycles. The fraction of sp³-hybridized carbons (Fsp3) is 0.633. The Morgan fingerprint density at radius 1 is 1.26 bits per heavy atom. The Morgan fingerprint density at radius 3 is 2.55 bits per heavy atom. The molecule has 0 bridgehead atoms. The number of likely N-dealkylation sites (N-methyl/N-ethyl adjacent to an activating group) is 1. The van der Waals surface area contributed by atoms with E-state index in [1.165, 1.54) is 37.4 Å². The number of nitrogens with zero attached hydrogens (tertiary/aromatic N) is 4. The summed E-state index contributed by atoms with van der Waals surface area (Å²) in [6.07, 6.45) is 5.77. The van der Waals surface area contributed by atoms with Crippen LogP contribution in [0.15, 0.2) is 24.3 Å². The number of nitrogens with one attached hydrogen (secondary N) is 1. The zero-order chi connectivity index (χ0) is 28.2. The molecule has 3 unspecified atom stereocenters. The molecule has 3 atom stereocenters. The number of halogens is 1. The lowest BCUT2D eigenvalue weighted by molar-refractivity contribution is -0.119. The van der Waals surface area contributed by atoms with E-state index in [2.05, 4.69) is 54.4 Å². The maximum absolute atomic E-state index is 13.9. The SMILES string of the molecule is CC=O.CCC(CC(CC)n1c(C)nc2c1CCN(C)C2)N(CC)CCC(NC(C)=O)c1cccc(F)c1. The van der Waals surface area contributed by atoms with Crippen molar-refractivity contribution >= 4 is 12.2 Å². The minimum atomic E-state index is -0.271. The predicted octanol–water partition coefficient (Wildman–Crippen LogP) is 5.23. The molecular weight excluding hydrogens is 481 g/mol. The first-order valence-electron chi connectivity index (χ1n) is 14.1. The lowest BCUT2D eigenvalue weighted by atomic mass is 9.98. The number of carbonyl (C=O) groups excluding carboxylic acids is 2. The average molecular weight is 530 g/mol. The van der Waals surface area contributed by atoms with Crippen LogP contribution in [0, 0.1) is 12.7 Å². The normalized spacial score (nSPS) is 15.7. The molecule has 1 N–H and O–H groups in total. The van der Waals surface area contributed by atoms with E-state index in [9.17, 15) is 9.18 Å². The topological polar surface area (TPSA) is 70.5 Å². The molecule has 2 aromatic rings. The Labute approximate surface area is 228 Å². The molecule has 2 heterocycles. The van der Waals surface area contributed by atoms with Crippen molar-refractivity contribution < 1.29 is 14.0 Å². The number of amides is 1. The summed E-state index contributed by atoms with van der Waals surface area (Å²) in [5, 5.41) is 3.03. The van der Waals surface area contributed by atoms with Gasteiger partial charge in [-0.05, 0) is 70.8 Å². The van der Waals surface area contributed by atoms with Crippen molar-refractivity contribution in [2.45, 2.75) is 98.3 Å². The maximum Gasteiger partial charge on any atom is 0.217 e. The number of fused-ring (bicyclic) bond motifs is 1. The van der Waals surface area contributed by atoms with Gasteiger partial charge in [0.15, 0.2) is 0 Å². The Kier molecular flexibility index (Phi) is 13.1. The largest absolute Gasteiger partial charge is 0.349 e. The smallest absolute Gasteiger partial charge is 0.217 e. The van der Waals surface area contributed by atoms with E-state index >= 15 is 0 Å². The Morgan fingerprint density at radius 2 is 1.97 bits per heavy atom. The number of imidazole rings is 1. The van der Waals surface area contributed by atoms with Gasteiger partial charge >= 0.3 is 0 Å². The zero-order valence-corrected chi connectivity index (χ0v) is 24.5. The number of hydrogen-bond donors (Lipinski definition) is 1. The van der Waals surface area contributed by atoms with Crippen molar-refractivity contribution in [2.24, 2.45) is 0 Å². The van der Waals surface area contributed by atoms with Crippen LogP contribution < -0.4 is 5.32 Å². The number of rotatable bonds is 12. The molecule has 1 aromatic carbocycles. The minimum absolute atomic E-state index is 0.0913. The second-order valence-corrected chi connectivity index (χ2v) is 10.2. The molecule has 1 amide bonds. The second-order valence-electron chi connectivity index (χ2n) is 10.2. The van der Waals surface area contributed by atoms with Gasteiger partial charge in [-0.2, -0.15) is 0 Å². The van der Waals surface area contributed by atoms with Crippen LogP contribution in [0.2, 0.25) is 0 Å². The highest BCUT2D eigenvalue weighted by Crippen LogP contribution is 2.30. The molecule has 0 aliphatic carbocycles. The van der Waals surface area contributed by atoms with Gasteiger partial charge in [0.2, 0.25) is 5.91 Å². The molecule has 0 fully saturated rings. The van der Waals surface area contributed by atoms with Gasteiger partial charge in [0.1, 0.15) is 17.9 Å². The Balaban J connectivity index is 0.00000161. The van der Waals surface area contributed by atoms with Crippen LogP contribution in [0.5, 0.6) is 0 Å². The summed E-state index contributed by atoms with van der Waals surface area (Å²) in [7, 11) is 2.17. The number of aryl methyl sites for hydroxylation is 1. The van der Waals surface area contributed by atoms with Crippen LogP contribution in [0.3, 0.4) is 0 Å². The molecule has 38 heavy (non-hydrogen) atoms. The number of aromatic nitrogens is 2. The lowest BCUT2D eigenvalue weighted by Crippen LogP contribution is -2.39. The first-order chi connectivity index (χ1) is 18.2. The maximum atomic E-state index is 13.9. The van der Waals surface area contributed by atoms with Crippen LogP contribution in [0.1, 0.15) is 95.2 Å². The summed E-state index contributed by atoms with van der Waals surface area (Å²) in [5.41, 5.74) is 3.48. The lowest BCUT2D eigenvalue weighted by Gasteiger charge is -2.35. The molecule has 0 radical (unpaired) electrons. The third kappa shape index (κ3) is 8.73. The van der Waals surface area contributed by atoms with Gasteiger partial charge in [-0.25, -0.2) is 9.37 Å². The highest BCUT2D eigenvalue weighted by atomic mass is 19.1. The first-order valence-corrected chi connectivity index (χ1v) is 14.1. The summed E-state index contributed by atoms with van der Waals surface area (Å²) in [6, 6.07) is 7.23. The summed E-state index contributed by atoms with van der Waals surface area (Å²) in [6.45, 7) is 15.7. The molecule has 0 spiro atoms. The third-order valence-corrected chi connectivity index (χ3v) is 7.53. The van der Waals surface area contributed by atoms with Gasteiger partial charge in [0, 0.05) is 50.8 Å². The first kappa shape index (κ1) is 31.6. The van der Waals surface area contributed by atoms with E-state index in [4.69, 9.17) is 9.78 Å². The zero-order valence-electron chi connectivity index (χ0n) is 24.5. The summed E-state index contributed by atoms with van der Waals surface area (Å²) in [5.74, 6) is 0.769. The minimum Gasteiger partial charge on any atom is -0.349 e. The summed E-state index contributed by atoms with van der Waals surface area (Å²) in [4.78, 5) is 30.5. The number of hydrogen-bond acceptors (Lipinski definition) is 5. The Hall–Kier alpha value is -2.58. The van der Waals surface area contributed by atoms with Gasteiger partial charge in [-0.15, -0.1) is 0 Å². The third-order valence-electron chi connectivity index (χ3n) is 7.53. The van der Waals surface area contributed by atoms with E-state index in [0.717, 1.165) is 76.0 Å². The van der Waals surface area contributed by atoms with Crippen molar-refractivity contribution in [3.63, 3.8) is 0 Å². The molecule has 1 aliphatic rings. The van der Waals surface area contributed by atoms with Crippen molar-refractivity contribution in [2.75, 3.05) is 26.7 Å². The molecule has 3 rings (SSSR count). The second kappa shape index (κ2) is 15.7. The van der Waals surface area contributed by atoms with Gasteiger partial charge in [0.25, 0.3) is 0 Å². The predicted molar refractivity (Wildman–Crippen MR) is 152 cm³/mol. The number of aldehydes is 1. The van der Waals surface area contributed by atoms with Crippen molar-refractivity contribution in [1.29, 1.82) is 0 Å². The molecule has 8 heteroatoms. The Bertz CT molecular complexity index is 1020. The van der Waals surface area contributed by atoms with Crippen LogP contribution in [0.25, 0.3) is 0 Å². The van der Waals surface area contributed by atoms with Gasteiger partial charge in [0.05, 0.1) is 11.7 Å². The van der Waals surface area contributed by atoms with Gasteiger partial charge in [-0.1, -0.05) is 32.9 Å². The summed E-state index contributed by atoms with van der Waals surface area (Å²) >= 11 is 0. The van der Waals surface area contributed by atoms with E-state index in [-0.39, 0.29) is 17.8 Å². The van der Waals surface area contributed by atoms with Crippen molar-refractivity contribution in [3.8, 4) is 0 Å². The molecule has 0 saturated heterocycles. The highest BCUT2D eigenvalue weighted by Gasteiger charge is 2.27. The van der Waals surface area contributed by atoms with Crippen LogP contribution in [-0.2, 0) is 22.6 Å². The van der Waals surface area contributed by atoms with Crippen molar-refractivity contribution in [1.82, 2.24) is 24.7 Å². The fourth-order valence-corrected chi connectivity index (χ4v) is 5.68. The number of benzene rings is 1. The monoisotopic (exact) mass is 529 g/mol. The van der Waals surface area contributed by atoms with Gasteiger partial charge in [-0.3, -0.25) is 4.79 Å².